The molecule has 0 saturated carbocycles. The Balaban J connectivity index is 2.20. The van der Waals surface area contributed by atoms with Gasteiger partial charge in [0.25, 0.3) is 0 Å². The Morgan fingerprint density at radius 2 is 2.22 bits per heavy atom. The molecule has 0 aliphatic carbocycles. The van der Waals surface area contributed by atoms with Gasteiger partial charge in [0, 0.05) is 37.1 Å². The van der Waals surface area contributed by atoms with Gasteiger partial charge in [0.2, 0.25) is 0 Å². The molecule has 0 spiro atoms. The minimum atomic E-state index is 0.0176. The number of methoxy groups -OCH3 is 2. The summed E-state index contributed by atoms with van der Waals surface area (Å²) in [5, 5.41) is 0. The summed E-state index contributed by atoms with van der Waals surface area (Å²) in [6.07, 6.45) is 0.920. The second-order valence-corrected chi connectivity index (χ2v) is 4.83. The standard InChI is InChI=1S/C14H21NO3/c1-9(8-16-2)13-7-12(15)11-5-4-10(17-3)6-14(11)18-13/h4-6,9,12-13H,7-8,15H2,1-3H3/t9?,12-,13?/m0/s1. The average molecular weight is 251 g/mol. The van der Waals surface area contributed by atoms with E-state index < -0.39 is 0 Å². The van der Waals surface area contributed by atoms with Gasteiger partial charge in [-0.25, -0.2) is 0 Å². The first kappa shape index (κ1) is 13.2. The second kappa shape index (κ2) is 5.59. The maximum atomic E-state index is 6.20. The zero-order valence-corrected chi connectivity index (χ0v) is 11.2. The Hall–Kier alpha value is -1.26. The molecule has 2 rings (SSSR count). The molecule has 0 radical (unpaired) electrons. The number of ether oxygens (including phenoxy) is 3. The molecule has 0 aromatic heterocycles. The van der Waals surface area contributed by atoms with Gasteiger partial charge in [-0.05, 0) is 6.07 Å². The summed E-state index contributed by atoms with van der Waals surface area (Å²) in [6.45, 7) is 2.79. The van der Waals surface area contributed by atoms with E-state index in [1.54, 1.807) is 14.2 Å². The van der Waals surface area contributed by atoms with Gasteiger partial charge < -0.3 is 19.9 Å². The van der Waals surface area contributed by atoms with E-state index in [2.05, 4.69) is 6.92 Å². The molecule has 3 atom stereocenters. The van der Waals surface area contributed by atoms with Crippen LogP contribution >= 0.6 is 0 Å². The number of rotatable bonds is 4. The van der Waals surface area contributed by atoms with Crippen LogP contribution in [0.15, 0.2) is 18.2 Å². The molecule has 1 aromatic carbocycles. The SMILES string of the molecule is COCC(C)C1C[C@H](N)c2ccc(OC)cc2O1. The maximum Gasteiger partial charge on any atom is 0.128 e. The number of benzene rings is 1. The molecule has 0 saturated heterocycles. The Morgan fingerprint density at radius 3 is 2.89 bits per heavy atom. The lowest BCUT2D eigenvalue weighted by molar-refractivity contribution is 0.0536. The zero-order chi connectivity index (χ0) is 13.1. The third kappa shape index (κ3) is 2.60. The summed E-state index contributed by atoms with van der Waals surface area (Å²) in [4.78, 5) is 0. The maximum absolute atomic E-state index is 6.20. The zero-order valence-electron chi connectivity index (χ0n) is 11.2. The minimum Gasteiger partial charge on any atom is -0.497 e. The second-order valence-electron chi connectivity index (χ2n) is 4.83. The van der Waals surface area contributed by atoms with E-state index in [9.17, 15) is 0 Å². The van der Waals surface area contributed by atoms with Crippen LogP contribution in [-0.2, 0) is 4.74 Å². The largest absolute Gasteiger partial charge is 0.497 e. The van der Waals surface area contributed by atoms with Gasteiger partial charge >= 0.3 is 0 Å². The smallest absolute Gasteiger partial charge is 0.128 e. The molecule has 2 unspecified atom stereocenters. The summed E-state index contributed by atoms with van der Waals surface area (Å²) in [7, 11) is 3.35. The fraction of sp³-hybridized carbons (Fsp3) is 0.571. The first-order valence-corrected chi connectivity index (χ1v) is 6.24. The first-order valence-electron chi connectivity index (χ1n) is 6.24. The highest BCUT2D eigenvalue weighted by atomic mass is 16.5. The molecule has 4 heteroatoms. The van der Waals surface area contributed by atoms with Crippen LogP contribution in [0.25, 0.3) is 0 Å². The van der Waals surface area contributed by atoms with Crippen LogP contribution < -0.4 is 15.2 Å². The topological polar surface area (TPSA) is 53.7 Å². The van der Waals surface area contributed by atoms with E-state index in [0.29, 0.717) is 12.5 Å². The number of fused-ring (bicyclic) bond motifs is 1. The molecule has 1 heterocycles. The fourth-order valence-corrected chi connectivity index (χ4v) is 2.36. The van der Waals surface area contributed by atoms with Crippen LogP contribution in [0.4, 0.5) is 0 Å². The molecule has 1 aliphatic rings. The molecule has 4 nitrogen and oxygen atoms in total. The van der Waals surface area contributed by atoms with E-state index in [-0.39, 0.29) is 12.1 Å². The van der Waals surface area contributed by atoms with Gasteiger partial charge in [0.15, 0.2) is 0 Å². The summed E-state index contributed by atoms with van der Waals surface area (Å²) in [5.41, 5.74) is 7.25. The molecule has 0 fully saturated rings. The summed E-state index contributed by atoms with van der Waals surface area (Å²) in [6, 6.07) is 5.82. The minimum absolute atomic E-state index is 0.0176. The van der Waals surface area contributed by atoms with Crippen molar-refractivity contribution in [3.8, 4) is 11.5 Å². The van der Waals surface area contributed by atoms with Crippen LogP contribution in [-0.4, -0.2) is 26.9 Å². The highest BCUT2D eigenvalue weighted by Gasteiger charge is 2.29. The van der Waals surface area contributed by atoms with Gasteiger partial charge in [-0.1, -0.05) is 13.0 Å². The van der Waals surface area contributed by atoms with Crippen molar-refractivity contribution in [2.45, 2.75) is 25.5 Å². The lowest BCUT2D eigenvalue weighted by Gasteiger charge is -2.33. The molecular weight excluding hydrogens is 230 g/mol. The monoisotopic (exact) mass is 251 g/mol. The molecule has 18 heavy (non-hydrogen) atoms. The number of hydrogen-bond acceptors (Lipinski definition) is 4. The molecule has 100 valence electrons. The Morgan fingerprint density at radius 1 is 1.44 bits per heavy atom. The van der Waals surface area contributed by atoms with Crippen LogP contribution in [0, 0.1) is 5.92 Å². The summed E-state index contributed by atoms with van der Waals surface area (Å²) >= 11 is 0. The van der Waals surface area contributed by atoms with Gasteiger partial charge in [-0.15, -0.1) is 0 Å². The molecular formula is C14H21NO3. The van der Waals surface area contributed by atoms with Crippen LogP contribution in [0.5, 0.6) is 11.5 Å². The molecule has 2 N–H and O–H groups in total. The third-order valence-electron chi connectivity index (χ3n) is 3.45. The molecule has 0 amide bonds. The van der Waals surface area contributed by atoms with Crippen LogP contribution in [0.1, 0.15) is 24.9 Å². The summed E-state index contributed by atoms with van der Waals surface area (Å²) in [5.74, 6) is 1.95. The van der Waals surface area contributed by atoms with Crippen molar-refractivity contribution in [1.82, 2.24) is 0 Å². The normalized spacial score (nSPS) is 24.0. The average Bonchev–Trinajstić information content (AvgIpc) is 2.38. The Bertz CT molecular complexity index is 408. The van der Waals surface area contributed by atoms with Gasteiger partial charge in [0.05, 0.1) is 13.7 Å². The van der Waals surface area contributed by atoms with E-state index in [0.717, 1.165) is 23.5 Å². The van der Waals surface area contributed by atoms with Gasteiger partial charge in [-0.3, -0.25) is 0 Å². The van der Waals surface area contributed by atoms with Crippen molar-refractivity contribution in [2.24, 2.45) is 11.7 Å². The van der Waals surface area contributed by atoms with Crippen LogP contribution in [0.3, 0.4) is 0 Å². The predicted molar refractivity (Wildman–Crippen MR) is 70.0 cm³/mol. The van der Waals surface area contributed by atoms with Crippen molar-refractivity contribution < 1.29 is 14.2 Å². The van der Waals surface area contributed by atoms with Gasteiger partial charge in [-0.2, -0.15) is 0 Å². The van der Waals surface area contributed by atoms with E-state index in [4.69, 9.17) is 19.9 Å². The highest BCUT2D eigenvalue weighted by Crippen LogP contribution is 2.37. The lowest BCUT2D eigenvalue weighted by Crippen LogP contribution is -2.35. The van der Waals surface area contributed by atoms with Crippen molar-refractivity contribution in [3.05, 3.63) is 23.8 Å². The first-order chi connectivity index (χ1) is 8.65. The molecule has 1 aromatic rings. The van der Waals surface area contributed by atoms with E-state index >= 15 is 0 Å². The molecule has 0 bridgehead atoms. The lowest BCUT2D eigenvalue weighted by atomic mass is 9.91. The van der Waals surface area contributed by atoms with E-state index in [1.165, 1.54) is 0 Å². The van der Waals surface area contributed by atoms with Crippen molar-refractivity contribution >= 4 is 0 Å². The number of nitrogens with two attached hydrogens (primary N) is 1. The quantitative estimate of drug-likeness (QED) is 0.890. The predicted octanol–water partition coefficient (Wildman–Crippen LogP) is 2.13. The number of hydrogen-bond donors (Lipinski definition) is 1. The van der Waals surface area contributed by atoms with Crippen molar-refractivity contribution in [1.29, 1.82) is 0 Å². The van der Waals surface area contributed by atoms with Crippen LogP contribution in [0.2, 0.25) is 0 Å². The molecule has 1 aliphatic heterocycles. The van der Waals surface area contributed by atoms with Crippen molar-refractivity contribution in [2.75, 3.05) is 20.8 Å². The highest BCUT2D eigenvalue weighted by molar-refractivity contribution is 5.43. The van der Waals surface area contributed by atoms with Gasteiger partial charge in [0.1, 0.15) is 17.6 Å². The van der Waals surface area contributed by atoms with Crippen molar-refractivity contribution in [3.63, 3.8) is 0 Å². The fourth-order valence-electron chi connectivity index (χ4n) is 2.36. The third-order valence-corrected chi connectivity index (χ3v) is 3.45. The summed E-state index contributed by atoms with van der Waals surface area (Å²) < 4.78 is 16.4. The Kier molecular flexibility index (Phi) is 4.09. The van der Waals surface area contributed by atoms with E-state index in [1.807, 2.05) is 18.2 Å². The Labute approximate surface area is 108 Å².